The van der Waals surface area contributed by atoms with Crippen LogP contribution < -0.4 is 35.3 Å². The van der Waals surface area contributed by atoms with Gasteiger partial charge in [-0.05, 0) is 36.4 Å². The number of hydrogen-bond acceptors (Lipinski definition) is 8. The van der Waals surface area contributed by atoms with Gasteiger partial charge in [0.05, 0.1) is 21.2 Å². The summed E-state index contributed by atoms with van der Waals surface area (Å²) in [7, 11) is -9.04. The van der Waals surface area contributed by atoms with Crippen molar-refractivity contribution in [1.29, 1.82) is 0 Å². The van der Waals surface area contributed by atoms with E-state index in [0.717, 1.165) is 24.3 Å². The number of fused-ring (bicyclic) bond motifs is 1. The minimum atomic E-state index is -4.60. The van der Waals surface area contributed by atoms with E-state index in [1.807, 2.05) is 0 Å². The van der Waals surface area contributed by atoms with E-state index >= 15 is 0 Å². The third kappa shape index (κ3) is 5.11. The average molecular weight is 446 g/mol. The number of nitrogens with zero attached hydrogens (tertiary/aromatic N) is 2. The van der Waals surface area contributed by atoms with Gasteiger partial charge in [0.2, 0.25) is 0 Å². The van der Waals surface area contributed by atoms with Crippen molar-refractivity contribution in [3.8, 4) is 5.75 Å². The van der Waals surface area contributed by atoms with E-state index in [0.29, 0.717) is 0 Å². The smallest absolute Gasteiger partial charge is 0.507 e. The standard InChI is InChI=1S/C16H13N3O7S2.Na/c17-14-5-4-12-13(7-11(8-15(12)20)28(24,25)26)16(14)19-18-9-2-1-3-10(6-9)27(21,22)23;/h1-8,20H,17H2,(H,21,22,23)(H,24,25,26);/q;+1. The number of benzene rings is 3. The predicted octanol–water partition coefficient (Wildman–Crippen LogP) is 0.0404. The van der Waals surface area contributed by atoms with Gasteiger partial charge in [0.1, 0.15) is 11.4 Å². The Balaban J connectivity index is 0.00000300. The Morgan fingerprint density at radius 3 is 2.07 bits per heavy atom. The molecule has 0 saturated heterocycles. The Morgan fingerprint density at radius 2 is 1.45 bits per heavy atom. The minimum absolute atomic E-state index is 0. The fourth-order valence-electron chi connectivity index (χ4n) is 2.47. The van der Waals surface area contributed by atoms with Crippen LogP contribution in [0.15, 0.2) is 68.6 Å². The van der Waals surface area contributed by atoms with Crippen molar-refractivity contribution in [1.82, 2.24) is 0 Å². The summed E-state index contributed by atoms with van der Waals surface area (Å²) in [5.74, 6) is -0.421. The van der Waals surface area contributed by atoms with Crippen LogP contribution >= 0.6 is 0 Å². The van der Waals surface area contributed by atoms with Gasteiger partial charge in [-0.15, -0.1) is 5.11 Å². The molecule has 3 aromatic rings. The molecule has 10 nitrogen and oxygen atoms in total. The molecular weight excluding hydrogens is 433 g/mol. The summed E-state index contributed by atoms with van der Waals surface area (Å²) in [6.45, 7) is 0. The summed E-state index contributed by atoms with van der Waals surface area (Å²) in [5, 5.41) is 18.2. The molecule has 0 aliphatic rings. The third-order valence-electron chi connectivity index (χ3n) is 3.77. The quantitative estimate of drug-likeness (QED) is 0.188. The molecule has 0 amide bonds. The van der Waals surface area contributed by atoms with Crippen molar-refractivity contribution in [3.05, 3.63) is 48.5 Å². The first kappa shape index (κ1) is 23.2. The van der Waals surface area contributed by atoms with Crippen LogP contribution in [0.2, 0.25) is 0 Å². The number of hydrogen-bond donors (Lipinski definition) is 4. The number of azo groups is 1. The second-order valence-corrected chi connectivity index (χ2v) is 8.53. The van der Waals surface area contributed by atoms with Crippen molar-refractivity contribution in [2.75, 3.05) is 5.73 Å². The molecule has 0 heterocycles. The van der Waals surface area contributed by atoms with E-state index in [2.05, 4.69) is 10.2 Å². The zero-order valence-electron chi connectivity index (χ0n) is 14.9. The summed E-state index contributed by atoms with van der Waals surface area (Å²) in [6, 6.07) is 9.79. The Morgan fingerprint density at radius 1 is 0.793 bits per heavy atom. The number of nitrogens with two attached hydrogens (primary N) is 1. The van der Waals surface area contributed by atoms with Crippen LogP contribution in [0.5, 0.6) is 5.75 Å². The van der Waals surface area contributed by atoms with Crippen LogP contribution in [0.4, 0.5) is 17.1 Å². The van der Waals surface area contributed by atoms with Crippen LogP contribution in [-0.4, -0.2) is 31.0 Å². The molecule has 29 heavy (non-hydrogen) atoms. The fraction of sp³-hybridized carbons (Fsp3) is 0. The van der Waals surface area contributed by atoms with Crippen molar-refractivity contribution in [3.63, 3.8) is 0 Å². The van der Waals surface area contributed by atoms with E-state index < -0.39 is 30.9 Å². The Labute approximate surface area is 187 Å². The maximum atomic E-state index is 11.4. The molecule has 0 unspecified atom stereocenters. The number of aromatic hydroxyl groups is 1. The average Bonchev–Trinajstić information content (AvgIpc) is 2.59. The van der Waals surface area contributed by atoms with E-state index in [-0.39, 0.29) is 62.3 Å². The number of phenolic OH excluding ortho intramolecular Hbond substituents is 1. The van der Waals surface area contributed by atoms with Gasteiger partial charge in [-0.25, -0.2) is 0 Å². The molecule has 0 aromatic heterocycles. The monoisotopic (exact) mass is 446 g/mol. The molecule has 3 aromatic carbocycles. The van der Waals surface area contributed by atoms with Gasteiger partial charge in [0, 0.05) is 16.8 Å². The summed E-state index contributed by atoms with van der Waals surface area (Å²) < 4.78 is 63.6. The summed E-state index contributed by atoms with van der Waals surface area (Å²) in [4.78, 5) is -0.950. The first-order valence-corrected chi connectivity index (χ1v) is 10.4. The SMILES string of the molecule is Nc1ccc2c(O)cc(S(=O)(=O)O)cc2c1N=Nc1cccc(S(=O)(=O)O)c1.[Na+]. The van der Waals surface area contributed by atoms with Gasteiger partial charge in [0.25, 0.3) is 20.2 Å². The predicted molar refractivity (Wildman–Crippen MR) is 100 cm³/mol. The maximum Gasteiger partial charge on any atom is 1.00 e. The van der Waals surface area contributed by atoms with E-state index in [9.17, 15) is 26.5 Å². The minimum Gasteiger partial charge on any atom is -0.507 e. The van der Waals surface area contributed by atoms with Crippen LogP contribution in [0.3, 0.4) is 0 Å². The largest absolute Gasteiger partial charge is 1.00 e. The number of rotatable bonds is 4. The maximum absolute atomic E-state index is 11.4. The molecule has 0 aliphatic carbocycles. The zero-order valence-corrected chi connectivity index (χ0v) is 18.5. The summed E-state index contributed by atoms with van der Waals surface area (Å²) in [6.07, 6.45) is 0. The molecule has 0 fully saturated rings. The van der Waals surface area contributed by atoms with Gasteiger partial charge in [0.15, 0.2) is 0 Å². The molecule has 0 atom stereocenters. The third-order valence-corrected chi connectivity index (χ3v) is 5.45. The molecule has 3 rings (SSSR count). The molecule has 0 aliphatic heterocycles. The van der Waals surface area contributed by atoms with Crippen molar-refractivity contribution < 1.29 is 60.6 Å². The topological polar surface area (TPSA) is 180 Å². The number of phenols is 1. The van der Waals surface area contributed by atoms with Crippen LogP contribution in [0.1, 0.15) is 0 Å². The molecule has 0 saturated carbocycles. The Bertz CT molecular complexity index is 1340. The summed E-state index contributed by atoms with van der Waals surface area (Å²) >= 11 is 0. The first-order valence-electron chi connectivity index (χ1n) is 7.49. The Hall–Kier alpha value is -2.06. The van der Waals surface area contributed by atoms with Gasteiger partial charge >= 0.3 is 29.6 Å². The molecule has 0 bridgehead atoms. The first-order chi connectivity index (χ1) is 13.0. The van der Waals surface area contributed by atoms with Gasteiger partial charge in [-0.1, -0.05) is 6.07 Å². The van der Waals surface area contributed by atoms with Crippen LogP contribution in [0, 0.1) is 0 Å². The van der Waals surface area contributed by atoms with Crippen LogP contribution in [-0.2, 0) is 20.2 Å². The number of nitrogen functional groups attached to an aromatic ring is 1. The van der Waals surface area contributed by atoms with E-state index in [1.54, 1.807) is 0 Å². The normalized spacial score (nSPS) is 12.2. The zero-order chi connectivity index (χ0) is 20.7. The van der Waals surface area contributed by atoms with Crippen molar-refractivity contribution in [2.24, 2.45) is 10.2 Å². The van der Waals surface area contributed by atoms with Crippen molar-refractivity contribution >= 4 is 48.1 Å². The van der Waals surface area contributed by atoms with E-state index in [4.69, 9.17) is 10.3 Å². The van der Waals surface area contributed by atoms with Gasteiger partial charge in [-0.2, -0.15) is 21.9 Å². The van der Waals surface area contributed by atoms with Gasteiger partial charge < -0.3 is 10.8 Å². The molecule has 0 spiro atoms. The van der Waals surface area contributed by atoms with E-state index in [1.165, 1.54) is 24.3 Å². The molecule has 0 radical (unpaired) electrons. The van der Waals surface area contributed by atoms with Crippen LogP contribution in [0.25, 0.3) is 10.8 Å². The molecule has 146 valence electrons. The Kier molecular flexibility index (Phi) is 6.69. The molecular formula is C16H13N3NaO7S2+. The fourth-order valence-corrected chi connectivity index (χ4v) is 3.51. The summed E-state index contributed by atoms with van der Waals surface area (Å²) in [5.41, 5.74) is 6.03. The molecule has 13 heteroatoms. The second kappa shape index (κ2) is 8.36. The second-order valence-electron chi connectivity index (χ2n) is 5.69. The molecule has 5 N–H and O–H groups in total. The number of anilines is 1. The van der Waals surface area contributed by atoms with Gasteiger partial charge in [-0.3, -0.25) is 9.11 Å². The van der Waals surface area contributed by atoms with Crippen molar-refractivity contribution in [2.45, 2.75) is 9.79 Å².